The van der Waals surface area contributed by atoms with Crippen LogP contribution in [-0.2, 0) is 16.8 Å². The molecule has 0 bridgehead atoms. The summed E-state index contributed by atoms with van der Waals surface area (Å²) < 4.78 is 68.6. The Morgan fingerprint density at radius 1 is 1.12 bits per heavy atom. The molecule has 0 saturated carbocycles. The molecule has 2 aromatic carbocycles. The van der Waals surface area contributed by atoms with Gasteiger partial charge >= 0.3 is 6.18 Å². The van der Waals surface area contributed by atoms with Crippen LogP contribution in [0.5, 0.6) is 11.5 Å². The van der Waals surface area contributed by atoms with Crippen LogP contribution in [0.4, 0.5) is 22.7 Å². The normalized spacial score (nSPS) is 13.0. The highest BCUT2D eigenvalue weighted by Crippen LogP contribution is 2.42. The Kier molecular flexibility index (Phi) is 8.54. The topological polar surface area (TPSA) is 163 Å². The highest BCUT2D eigenvalue weighted by Gasteiger charge is 2.56. The standard InChI is InChI=1S/C27H25F4N5O5S/c1-3-41-23-14(11-20(32)37)10-19(35-21(23)13-4-6-16(28)7-5-13)26(39,27(29,30)31)12-34-24(38)15-8-17(40-2)22-18(9-15)42-25(33)36-22/h4-10,39H,3,11-12H2,1-2H3,(H2,32,37)(H2,33,36)(H,34,38)/t26-/m0/s1. The van der Waals surface area contributed by atoms with Gasteiger partial charge in [0.15, 0.2) is 5.13 Å². The number of rotatable bonds is 10. The molecule has 2 heterocycles. The Hall–Kier alpha value is -4.50. The number of benzene rings is 2. The molecular formula is C27H25F4N5O5S. The van der Waals surface area contributed by atoms with Gasteiger partial charge in [-0.2, -0.15) is 13.2 Å². The third-order valence-corrected chi connectivity index (χ3v) is 7.01. The number of hydrogen-bond acceptors (Lipinski definition) is 9. The quantitative estimate of drug-likeness (QED) is 0.198. The number of hydrogen-bond donors (Lipinski definition) is 4. The van der Waals surface area contributed by atoms with E-state index in [-0.39, 0.29) is 45.6 Å². The molecule has 42 heavy (non-hydrogen) atoms. The Labute approximate surface area is 240 Å². The number of amides is 2. The molecule has 4 rings (SSSR count). The maximum Gasteiger partial charge on any atom is 0.424 e. The second kappa shape index (κ2) is 11.8. The lowest BCUT2D eigenvalue weighted by Gasteiger charge is -2.31. The summed E-state index contributed by atoms with van der Waals surface area (Å²) in [6.07, 6.45) is -5.92. The molecule has 0 aliphatic heterocycles. The molecule has 2 aromatic heterocycles. The van der Waals surface area contributed by atoms with Gasteiger partial charge in [0.2, 0.25) is 11.5 Å². The van der Waals surface area contributed by atoms with Gasteiger partial charge in [-0.15, -0.1) is 0 Å². The van der Waals surface area contributed by atoms with Crippen LogP contribution in [0.15, 0.2) is 42.5 Å². The van der Waals surface area contributed by atoms with Gasteiger partial charge in [0, 0.05) is 16.7 Å². The van der Waals surface area contributed by atoms with Crippen LogP contribution >= 0.6 is 11.3 Å². The Bertz CT molecular complexity index is 1640. The van der Waals surface area contributed by atoms with Gasteiger partial charge in [-0.25, -0.2) is 14.4 Å². The van der Waals surface area contributed by atoms with Crippen molar-refractivity contribution in [2.75, 3.05) is 26.0 Å². The molecule has 0 radical (unpaired) electrons. The van der Waals surface area contributed by atoms with Crippen molar-refractivity contribution < 1.29 is 41.7 Å². The lowest BCUT2D eigenvalue weighted by molar-refractivity contribution is -0.265. The van der Waals surface area contributed by atoms with Crippen molar-refractivity contribution >= 4 is 38.5 Å². The zero-order valence-electron chi connectivity index (χ0n) is 22.2. The van der Waals surface area contributed by atoms with E-state index in [1.54, 1.807) is 6.92 Å². The molecule has 15 heteroatoms. The summed E-state index contributed by atoms with van der Waals surface area (Å²) in [7, 11) is 1.33. The first-order valence-corrected chi connectivity index (χ1v) is 13.1. The maximum absolute atomic E-state index is 14.5. The average Bonchev–Trinajstić information content (AvgIpc) is 3.31. The number of aliphatic hydroxyl groups is 1. The minimum Gasteiger partial charge on any atom is -0.494 e. The minimum atomic E-state index is -5.36. The Morgan fingerprint density at radius 2 is 1.81 bits per heavy atom. The number of aromatic nitrogens is 2. The van der Waals surface area contributed by atoms with E-state index in [1.807, 2.05) is 0 Å². The van der Waals surface area contributed by atoms with Crippen LogP contribution in [-0.4, -0.2) is 53.3 Å². The summed E-state index contributed by atoms with van der Waals surface area (Å²) in [4.78, 5) is 33.0. The molecule has 0 aliphatic rings. The number of alkyl halides is 3. The highest BCUT2D eigenvalue weighted by atomic mass is 32.1. The zero-order chi connectivity index (χ0) is 30.8. The zero-order valence-corrected chi connectivity index (χ0v) is 23.0. The van der Waals surface area contributed by atoms with Gasteiger partial charge in [0.25, 0.3) is 5.91 Å². The number of carbonyl (C=O) groups is 2. The summed E-state index contributed by atoms with van der Waals surface area (Å²) in [5.41, 5.74) is 6.54. The fraction of sp³-hybridized carbons (Fsp3) is 0.259. The number of primary amides is 1. The number of methoxy groups -OCH3 is 1. The molecule has 0 fully saturated rings. The monoisotopic (exact) mass is 607 g/mol. The van der Waals surface area contributed by atoms with E-state index >= 15 is 0 Å². The fourth-order valence-corrected chi connectivity index (χ4v) is 4.97. The summed E-state index contributed by atoms with van der Waals surface area (Å²) in [5.74, 6) is -2.37. The molecule has 2 amide bonds. The SMILES string of the molecule is CCOc1c(CC(N)=O)cc([C@@](O)(CNC(=O)c2cc(OC)c3nc(N)sc3c2)C(F)(F)F)nc1-c1ccc(F)cc1. The fourth-order valence-electron chi connectivity index (χ4n) is 4.17. The largest absolute Gasteiger partial charge is 0.494 e. The molecular weight excluding hydrogens is 582 g/mol. The molecule has 0 spiro atoms. The lowest BCUT2D eigenvalue weighted by atomic mass is 9.93. The first kappa shape index (κ1) is 30.5. The number of nitrogen functional groups attached to an aromatic ring is 1. The number of thiazole rings is 1. The van der Waals surface area contributed by atoms with E-state index in [0.717, 1.165) is 29.5 Å². The van der Waals surface area contributed by atoms with E-state index < -0.39 is 48.1 Å². The highest BCUT2D eigenvalue weighted by molar-refractivity contribution is 7.22. The lowest BCUT2D eigenvalue weighted by Crippen LogP contribution is -2.51. The van der Waals surface area contributed by atoms with Crippen LogP contribution < -0.4 is 26.3 Å². The van der Waals surface area contributed by atoms with Crippen LogP contribution in [0.1, 0.15) is 28.5 Å². The predicted octanol–water partition coefficient (Wildman–Crippen LogP) is 3.69. The molecule has 0 aliphatic carbocycles. The summed E-state index contributed by atoms with van der Waals surface area (Å²) in [5, 5.41) is 13.4. The van der Waals surface area contributed by atoms with Gasteiger partial charge in [-0.3, -0.25) is 9.59 Å². The van der Waals surface area contributed by atoms with Crippen molar-refractivity contribution in [1.82, 2.24) is 15.3 Å². The first-order valence-electron chi connectivity index (χ1n) is 12.3. The molecule has 10 nitrogen and oxygen atoms in total. The summed E-state index contributed by atoms with van der Waals surface area (Å²) in [6.45, 7) is 0.283. The number of anilines is 1. The van der Waals surface area contributed by atoms with Gasteiger partial charge in [-0.1, -0.05) is 11.3 Å². The number of nitrogens with one attached hydrogen (secondary N) is 1. The molecule has 0 saturated heterocycles. The van der Waals surface area contributed by atoms with Crippen molar-refractivity contribution in [2.45, 2.75) is 25.1 Å². The summed E-state index contributed by atoms with van der Waals surface area (Å²) in [6, 6.07) is 8.12. The van der Waals surface area contributed by atoms with Crippen molar-refractivity contribution in [1.29, 1.82) is 0 Å². The van der Waals surface area contributed by atoms with Crippen LogP contribution in [0, 0.1) is 5.82 Å². The van der Waals surface area contributed by atoms with Crippen molar-refractivity contribution in [3.8, 4) is 22.8 Å². The number of ether oxygens (including phenoxy) is 2. The van der Waals surface area contributed by atoms with Crippen LogP contribution in [0.3, 0.4) is 0 Å². The van der Waals surface area contributed by atoms with E-state index in [9.17, 15) is 32.3 Å². The number of fused-ring (bicyclic) bond motifs is 1. The van der Waals surface area contributed by atoms with Crippen molar-refractivity contribution in [3.63, 3.8) is 0 Å². The summed E-state index contributed by atoms with van der Waals surface area (Å²) >= 11 is 1.04. The number of pyridine rings is 1. The van der Waals surface area contributed by atoms with E-state index in [0.29, 0.717) is 10.2 Å². The molecule has 4 aromatic rings. The smallest absolute Gasteiger partial charge is 0.424 e. The van der Waals surface area contributed by atoms with Crippen LogP contribution in [0.25, 0.3) is 21.5 Å². The Morgan fingerprint density at radius 3 is 2.40 bits per heavy atom. The van der Waals surface area contributed by atoms with E-state index in [1.165, 1.54) is 31.4 Å². The molecule has 222 valence electrons. The van der Waals surface area contributed by atoms with E-state index in [2.05, 4.69) is 15.3 Å². The van der Waals surface area contributed by atoms with E-state index in [4.69, 9.17) is 20.9 Å². The third kappa shape index (κ3) is 6.06. The maximum atomic E-state index is 14.5. The Balaban J connectivity index is 1.80. The van der Waals surface area contributed by atoms with Crippen LogP contribution in [0.2, 0.25) is 0 Å². The molecule has 1 atom stereocenters. The van der Waals surface area contributed by atoms with Crippen molar-refractivity contribution in [3.05, 3.63) is 65.1 Å². The minimum absolute atomic E-state index is 0.0415. The second-order valence-corrected chi connectivity index (χ2v) is 10.1. The number of halogens is 4. The van der Waals surface area contributed by atoms with Crippen molar-refractivity contribution in [2.24, 2.45) is 5.73 Å². The van der Waals surface area contributed by atoms with Gasteiger partial charge in [0.05, 0.1) is 37.1 Å². The van der Waals surface area contributed by atoms with Gasteiger partial charge in [0.1, 0.15) is 28.5 Å². The molecule has 6 N–H and O–H groups in total. The first-order chi connectivity index (χ1) is 19.8. The number of nitrogens with zero attached hydrogens (tertiary/aromatic N) is 2. The second-order valence-electron chi connectivity index (χ2n) is 9.05. The van der Waals surface area contributed by atoms with Gasteiger partial charge < -0.3 is 31.4 Å². The third-order valence-electron chi connectivity index (χ3n) is 6.18. The number of carbonyl (C=O) groups excluding carboxylic acids is 2. The van der Waals surface area contributed by atoms with Gasteiger partial charge in [-0.05, 0) is 49.4 Å². The number of nitrogens with two attached hydrogens (primary N) is 2. The predicted molar refractivity (Wildman–Crippen MR) is 147 cm³/mol. The molecule has 0 unspecified atom stereocenters. The average molecular weight is 608 g/mol.